The number of carbonyl (C=O) groups is 2. The molecule has 0 unspecified atom stereocenters. The Bertz CT molecular complexity index is 1170. The molecule has 1 atom stereocenters. The first-order valence-corrected chi connectivity index (χ1v) is 11.5. The quantitative estimate of drug-likeness (QED) is 0.608. The molecule has 1 aromatic carbocycles. The maximum Gasteiger partial charge on any atom is 0.269 e. The van der Waals surface area contributed by atoms with Crippen LogP contribution < -0.4 is 5.32 Å². The van der Waals surface area contributed by atoms with Crippen LogP contribution in [0.1, 0.15) is 57.1 Å². The van der Waals surface area contributed by atoms with E-state index in [4.69, 9.17) is 0 Å². The number of hydrogen-bond donors (Lipinski definition) is 1. The molecular weight excluding hydrogens is 433 g/mol. The summed E-state index contributed by atoms with van der Waals surface area (Å²) < 4.78 is 14.0. The standard InChI is InChI=1S/C26H28FN5O2/c1-28-25(33)24-16-21(30-17-31-24)13-18-5-4-11-32(12-9-18)26(34)20-8-10-29-22(15-20)14-19-6-2-3-7-23(19)27/h2-3,6-8,10,15-18H,4-5,9,11-14H2,1H3,(H,28,33)/t18-/m1/s1. The minimum Gasteiger partial charge on any atom is -0.354 e. The fourth-order valence-electron chi connectivity index (χ4n) is 4.36. The van der Waals surface area contributed by atoms with Crippen molar-refractivity contribution in [2.24, 2.45) is 5.92 Å². The van der Waals surface area contributed by atoms with Gasteiger partial charge in [0.25, 0.3) is 11.8 Å². The molecule has 0 aliphatic carbocycles. The molecule has 1 fully saturated rings. The fourth-order valence-corrected chi connectivity index (χ4v) is 4.36. The first kappa shape index (κ1) is 23.5. The van der Waals surface area contributed by atoms with Crippen molar-refractivity contribution in [3.8, 4) is 0 Å². The lowest BCUT2D eigenvalue weighted by Gasteiger charge is -2.21. The first-order valence-electron chi connectivity index (χ1n) is 11.5. The Balaban J connectivity index is 1.38. The second kappa shape index (κ2) is 11.0. The average Bonchev–Trinajstić information content (AvgIpc) is 3.10. The molecule has 4 rings (SSSR count). The van der Waals surface area contributed by atoms with Gasteiger partial charge in [0, 0.05) is 49.7 Å². The molecule has 8 heteroatoms. The second-order valence-electron chi connectivity index (χ2n) is 8.57. The molecule has 0 bridgehead atoms. The zero-order valence-corrected chi connectivity index (χ0v) is 19.2. The molecule has 34 heavy (non-hydrogen) atoms. The monoisotopic (exact) mass is 461 g/mol. The fraction of sp³-hybridized carbons (Fsp3) is 0.346. The van der Waals surface area contributed by atoms with Crippen LogP contribution >= 0.6 is 0 Å². The van der Waals surface area contributed by atoms with Crippen LogP contribution in [0.5, 0.6) is 0 Å². The molecule has 1 aliphatic heterocycles. The largest absolute Gasteiger partial charge is 0.354 e. The van der Waals surface area contributed by atoms with Gasteiger partial charge in [-0.2, -0.15) is 0 Å². The number of nitrogens with one attached hydrogen (secondary N) is 1. The van der Waals surface area contributed by atoms with Gasteiger partial charge in [0.1, 0.15) is 17.8 Å². The number of likely N-dealkylation sites (tertiary alicyclic amines) is 1. The van der Waals surface area contributed by atoms with Crippen molar-refractivity contribution in [3.63, 3.8) is 0 Å². The van der Waals surface area contributed by atoms with Crippen LogP contribution in [-0.4, -0.2) is 51.8 Å². The van der Waals surface area contributed by atoms with Gasteiger partial charge in [0.05, 0.1) is 0 Å². The number of amides is 2. The Morgan fingerprint density at radius 1 is 1.06 bits per heavy atom. The summed E-state index contributed by atoms with van der Waals surface area (Å²) in [7, 11) is 1.58. The van der Waals surface area contributed by atoms with Crippen molar-refractivity contribution >= 4 is 11.8 Å². The molecule has 7 nitrogen and oxygen atoms in total. The highest BCUT2D eigenvalue weighted by Crippen LogP contribution is 2.23. The molecule has 0 spiro atoms. The van der Waals surface area contributed by atoms with Crippen molar-refractivity contribution in [1.82, 2.24) is 25.2 Å². The third-order valence-corrected chi connectivity index (χ3v) is 6.21. The Labute approximate surface area is 198 Å². The molecule has 3 aromatic rings. The number of aromatic nitrogens is 3. The molecule has 0 saturated carbocycles. The first-order chi connectivity index (χ1) is 16.5. The van der Waals surface area contributed by atoms with E-state index in [0.717, 1.165) is 31.4 Å². The maximum atomic E-state index is 14.0. The maximum absolute atomic E-state index is 14.0. The van der Waals surface area contributed by atoms with E-state index in [1.807, 2.05) is 4.90 Å². The summed E-state index contributed by atoms with van der Waals surface area (Å²) in [6.07, 6.45) is 6.87. The summed E-state index contributed by atoms with van der Waals surface area (Å²) in [4.78, 5) is 39.6. The average molecular weight is 462 g/mol. The SMILES string of the molecule is CNC(=O)c1cc(C[C@@H]2CCCN(C(=O)c3ccnc(Cc4ccccc4F)c3)CC2)ncn1. The van der Waals surface area contributed by atoms with E-state index in [2.05, 4.69) is 20.3 Å². The summed E-state index contributed by atoms with van der Waals surface area (Å²) in [5.41, 5.74) is 3.00. The third-order valence-electron chi connectivity index (χ3n) is 6.21. The number of hydrogen-bond acceptors (Lipinski definition) is 5. The predicted molar refractivity (Wildman–Crippen MR) is 126 cm³/mol. The van der Waals surface area contributed by atoms with E-state index < -0.39 is 0 Å². The van der Waals surface area contributed by atoms with Crippen LogP contribution in [0.2, 0.25) is 0 Å². The number of halogens is 1. The summed E-state index contributed by atoms with van der Waals surface area (Å²) >= 11 is 0. The topological polar surface area (TPSA) is 88.1 Å². The summed E-state index contributed by atoms with van der Waals surface area (Å²) in [5.74, 6) is -0.153. The molecule has 3 heterocycles. The van der Waals surface area contributed by atoms with Gasteiger partial charge in [-0.05, 0) is 61.4 Å². The number of pyridine rings is 1. The van der Waals surface area contributed by atoms with Gasteiger partial charge < -0.3 is 10.2 Å². The molecule has 0 radical (unpaired) electrons. The number of benzene rings is 1. The van der Waals surface area contributed by atoms with Crippen LogP contribution in [0, 0.1) is 11.7 Å². The third kappa shape index (κ3) is 5.81. The highest BCUT2D eigenvalue weighted by molar-refractivity contribution is 5.94. The van der Waals surface area contributed by atoms with E-state index in [-0.39, 0.29) is 17.6 Å². The Hall–Kier alpha value is -3.68. The molecular formula is C26H28FN5O2. The van der Waals surface area contributed by atoms with Gasteiger partial charge in [-0.3, -0.25) is 14.6 Å². The predicted octanol–water partition coefficient (Wildman–Crippen LogP) is 3.45. The molecule has 2 amide bonds. The van der Waals surface area contributed by atoms with E-state index >= 15 is 0 Å². The minimum atomic E-state index is -0.272. The van der Waals surface area contributed by atoms with E-state index in [0.29, 0.717) is 47.9 Å². The lowest BCUT2D eigenvalue weighted by Crippen LogP contribution is -2.32. The van der Waals surface area contributed by atoms with Crippen LogP contribution in [0.15, 0.2) is 55.0 Å². The Morgan fingerprint density at radius 3 is 2.74 bits per heavy atom. The lowest BCUT2D eigenvalue weighted by molar-refractivity contribution is 0.0759. The van der Waals surface area contributed by atoms with Gasteiger partial charge in [-0.1, -0.05) is 18.2 Å². The van der Waals surface area contributed by atoms with Gasteiger partial charge in [-0.25, -0.2) is 14.4 Å². The summed E-state index contributed by atoms with van der Waals surface area (Å²) in [5, 5.41) is 2.58. The number of nitrogens with zero attached hydrogens (tertiary/aromatic N) is 4. The summed E-state index contributed by atoms with van der Waals surface area (Å²) in [6.45, 7) is 1.34. The van der Waals surface area contributed by atoms with Crippen LogP contribution in [0.25, 0.3) is 0 Å². The smallest absolute Gasteiger partial charge is 0.269 e. The molecule has 176 valence electrons. The van der Waals surface area contributed by atoms with Crippen LogP contribution in [0.3, 0.4) is 0 Å². The number of rotatable bonds is 6. The Kier molecular flexibility index (Phi) is 7.57. The van der Waals surface area contributed by atoms with Crippen molar-refractivity contribution in [1.29, 1.82) is 0 Å². The minimum absolute atomic E-state index is 0.0261. The molecule has 2 aromatic heterocycles. The molecule has 1 aliphatic rings. The molecule has 1 N–H and O–H groups in total. The van der Waals surface area contributed by atoms with Crippen molar-refractivity contribution < 1.29 is 14.0 Å². The molecule has 1 saturated heterocycles. The lowest BCUT2D eigenvalue weighted by atomic mass is 9.95. The van der Waals surface area contributed by atoms with E-state index in [1.54, 1.807) is 49.6 Å². The zero-order chi connectivity index (χ0) is 23.9. The van der Waals surface area contributed by atoms with E-state index in [1.165, 1.54) is 12.4 Å². The normalized spacial score (nSPS) is 16.1. The highest BCUT2D eigenvalue weighted by atomic mass is 19.1. The van der Waals surface area contributed by atoms with E-state index in [9.17, 15) is 14.0 Å². The second-order valence-corrected chi connectivity index (χ2v) is 8.57. The van der Waals surface area contributed by atoms with Crippen LogP contribution in [-0.2, 0) is 12.8 Å². The highest BCUT2D eigenvalue weighted by Gasteiger charge is 2.23. The van der Waals surface area contributed by atoms with Gasteiger partial charge in [-0.15, -0.1) is 0 Å². The summed E-state index contributed by atoms with van der Waals surface area (Å²) in [6, 6.07) is 11.8. The van der Waals surface area contributed by atoms with Crippen molar-refractivity contribution in [2.75, 3.05) is 20.1 Å². The zero-order valence-electron chi connectivity index (χ0n) is 19.2. The van der Waals surface area contributed by atoms with Gasteiger partial charge in [0.2, 0.25) is 0 Å². The van der Waals surface area contributed by atoms with Crippen molar-refractivity contribution in [2.45, 2.75) is 32.1 Å². The van der Waals surface area contributed by atoms with Gasteiger partial charge in [0.15, 0.2) is 0 Å². The number of carbonyl (C=O) groups excluding carboxylic acids is 2. The van der Waals surface area contributed by atoms with Gasteiger partial charge >= 0.3 is 0 Å². The van der Waals surface area contributed by atoms with Crippen molar-refractivity contribution in [3.05, 3.63) is 89.0 Å². The van der Waals surface area contributed by atoms with Crippen LogP contribution in [0.4, 0.5) is 4.39 Å². The Morgan fingerprint density at radius 2 is 1.91 bits per heavy atom.